The Morgan fingerprint density at radius 1 is 0.711 bits per heavy atom. The van der Waals surface area contributed by atoms with Crippen molar-refractivity contribution in [3.05, 3.63) is 77.6 Å². The van der Waals surface area contributed by atoms with Crippen LogP contribution in [0.1, 0.15) is 70.3 Å². The van der Waals surface area contributed by atoms with E-state index in [0.717, 1.165) is 44.9 Å². The second-order valence-electron chi connectivity index (χ2n) is 10.0. The second-order valence-corrected chi connectivity index (χ2v) is 10.0. The summed E-state index contributed by atoms with van der Waals surface area (Å²) in [7, 11) is 0. The van der Waals surface area contributed by atoms with Gasteiger partial charge in [-0.05, 0) is 85.8 Å². The van der Waals surface area contributed by atoms with Crippen molar-refractivity contribution < 1.29 is 27.4 Å². The van der Waals surface area contributed by atoms with E-state index in [0.29, 0.717) is 42.4 Å². The van der Waals surface area contributed by atoms with E-state index >= 15 is 8.78 Å². The number of hydrogen-bond donors (Lipinski definition) is 0. The summed E-state index contributed by atoms with van der Waals surface area (Å²) < 4.78 is 61.5. The minimum Gasteiger partial charge on any atom is -0.494 e. The highest BCUT2D eigenvalue weighted by Gasteiger charge is 2.27. The fraction of sp³-hybridized carbons (Fsp3) is 0.438. The third-order valence-corrected chi connectivity index (χ3v) is 7.18. The predicted octanol–water partition coefficient (Wildman–Crippen LogP) is 9.09. The average Bonchev–Trinajstić information content (AvgIpc) is 2.94. The Hall–Kier alpha value is -3.15. The van der Waals surface area contributed by atoms with E-state index in [1.54, 1.807) is 48.5 Å². The number of hydrogen-bond acceptors (Lipinski definition) is 3. The molecule has 1 aliphatic rings. The van der Waals surface area contributed by atoms with E-state index < -0.39 is 17.5 Å². The standard InChI is InChI=1S/C32H37F3O3/c1-3-5-19-37-26-14-17-30(29(33)20-26)38-21-22-6-8-23(9-7-22)27-15-16-28(32(35)31(27)34)24-10-12-25(13-11-24)36-18-4-2/h10-17,20,22-23H,3-9,18-19,21H2,1-2H3. The van der Waals surface area contributed by atoms with Crippen molar-refractivity contribution in [2.75, 3.05) is 19.8 Å². The maximum Gasteiger partial charge on any atom is 0.168 e. The fourth-order valence-electron chi connectivity index (χ4n) is 4.92. The maximum atomic E-state index is 15.1. The lowest BCUT2D eigenvalue weighted by atomic mass is 9.78. The van der Waals surface area contributed by atoms with Gasteiger partial charge < -0.3 is 14.2 Å². The Bertz CT molecular complexity index is 1170. The van der Waals surface area contributed by atoms with Crippen LogP contribution in [0.4, 0.5) is 13.2 Å². The molecule has 3 aromatic carbocycles. The second kappa shape index (κ2) is 13.6. The van der Waals surface area contributed by atoms with Gasteiger partial charge in [-0.1, -0.05) is 44.5 Å². The lowest BCUT2D eigenvalue weighted by Gasteiger charge is -2.29. The molecule has 0 unspecified atom stereocenters. The molecule has 4 rings (SSSR count). The first-order valence-electron chi connectivity index (χ1n) is 13.8. The van der Waals surface area contributed by atoms with Crippen LogP contribution >= 0.6 is 0 Å². The zero-order valence-electron chi connectivity index (χ0n) is 22.3. The molecule has 0 atom stereocenters. The van der Waals surface area contributed by atoms with Crippen LogP contribution in [-0.4, -0.2) is 19.8 Å². The van der Waals surface area contributed by atoms with Gasteiger partial charge in [0.1, 0.15) is 11.5 Å². The van der Waals surface area contributed by atoms with Crippen molar-refractivity contribution >= 4 is 0 Å². The molecule has 204 valence electrons. The molecule has 0 N–H and O–H groups in total. The van der Waals surface area contributed by atoms with Gasteiger partial charge in [0.2, 0.25) is 0 Å². The van der Waals surface area contributed by atoms with Crippen LogP contribution in [0.15, 0.2) is 54.6 Å². The Morgan fingerprint density at radius 2 is 1.42 bits per heavy atom. The van der Waals surface area contributed by atoms with Crippen LogP contribution in [0.5, 0.6) is 17.2 Å². The molecule has 0 heterocycles. The smallest absolute Gasteiger partial charge is 0.168 e. The molecule has 3 aromatic rings. The summed E-state index contributed by atoms with van der Waals surface area (Å²) in [5.41, 5.74) is 1.29. The van der Waals surface area contributed by atoms with Crippen LogP contribution in [0, 0.1) is 23.4 Å². The summed E-state index contributed by atoms with van der Waals surface area (Å²) >= 11 is 0. The zero-order chi connectivity index (χ0) is 26.9. The molecule has 3 nitrogen and oxygen atoms in total. The highest BCUT2D eigenvalue weighted by Crippen LogP contribution is 2.39. The van der Waals surface area contributed by atoms with Gasteiger partial charge in [0.05, 0.1) is 19.8 Å². The third-order valence-electron chi connectivity index (χ3n) is 7.18. The van der Waals surface area contributed by atoms with E-state index in [-0.39, 0.29) is 23.1 Å². The molecule has 0 bridgehead atoms. The number of benzene rings is 3. The van der Waals surface area contributed by atoms with Gasteiger partial charge in [-0.2, -0.15) is 0 Å². The molecule has 1 saturated carbocycles. The summed E-state index contributed by atoms with van der Waals surface area (Å²) in [5, 5.41) is 0. The molecule has 0 radical (unpaired) electrons. The average molecular weight is 527 g/mol. The zero-order valence-corrected chi connectivity index (χ0v) is 22.3. The van der Waals surface area contributed by atoms with Crippen molar-refractivity contribution in [2.45, 2.75) is 64.7 Å². The summed E-state index contributed by atoms with van der Waals surface area (Å²) in [6, 6.07) is 15.1. The molecule has 0 aromatic heterocycles. The third kappa shape index (κ3) is 7.03. The van der Waals surface area contributed by atoms with Gasteiger partial charge in [0, 0.05) is 11.6 Å². The van der Waals surface area contributed by atoms with Crippen molar-refractivity contribution in [1.82, 2.24) is 0 Å². The number of unbranched alkanes of at least 4 members (excludes halogenated alkanes) is 1. The first kappa shape index (κ1) is 27.9. The molecule has 0 saturated heterocycles. The minimum atomic E-state index is -0.812. The van der Waals surface area contributed by atoms with E-state index in [1.165, 1.54) is 6.07 Å². The molecule has 38 heavy (non-hydrogen) atoms. The Labute approximate surface area is 223 Å². The topological polar surface area (TPSA) is 27.7 Å². The van der Waals surface area contributed by atoms with Crippen molar-refractivity contribution in [3.63, 3.8) is 0 Å². The van der Waals surface area contributed by atoms with E-state index in [9.17, 15) is 4.39 Å². The van der Waals surface area contributed by atoms with Gasteiger partial charge in [-0.25, -0.2) is 13.2 Å². The number of halogens is 3. The fourth-order valence-corrected chi connectivity index (χ4v) is 4.92. The number of rotatable bonds is 12. The summed E-state index contributed by atoms with van der Waals surface area (Å²) in [6.07, 6.45) is 5.94. The van der Waals surface area contributed by atoms with E-state index in [4.69, 9.17) is 14.2 Å². The monoisotopic (exact) mass is 526 g/mol. The summed E-state index contributed by atoms with van der Waals surface area (Å²) in [4.78, 5) is 0. The van der Waals surface area contributed by atoms with Gasteiger partial charge in [0.25, 0.3) is 0 Å². The number of ether oxygens (including phenoxy) is 3. The first-order chi connectivity index (χ1) is 18.5. The van der Waals surface area contributed by atoms with E-state index in [2.05, 4.69) is 6.92 Å². The highest BCUT2D eigenvalue weighted by molar-refractivity contribution is 5.65. The molecular formula is C32H37F3O3. The van der Waals surface area contributed by atoms with E-state index in [1.807, 2.05) is 6.92 Å². The predicted molar refractivity (Wildman–Crippen MR) is 145 cm³/mol. The van der Waals surface area contributed by atoms with Crippen LogP contribution in [-0.2, 0) is 0 Å². The lowest BCUT2D eigenvalue weighted by molar-refractivity contribution is 0.193. The first-order valence-corrected chi connectivity index (χ1v) is 13.8. The molecule has 0 spiro atoms. The van der Waals surface area contributed by atoms with Gasteiger partial charge >= 0.3 is 0 Å². The van der Waals surface area contributed by atoms with Gasteiger partial charge in [-0.3, -0.25) is 0 Å². The normalized spacial score (nSPS) is 17.3. The van der Waals surface area contributed by atoms with Gasteiger partial charge in [0.15, 0.2) is 23.2 Å². The Kier molecular flexibility index (Phi) is 9.97. The van der Waals surface area contributed by atoms with Gasteiger partial charge in [-0.15, -0.1) is 0 Å². The molecule has 1 aliphatic carbocycles. The Morgan fingerprint density at radius 3 is 2.11 bits per heavy atom. The molecule has 1 fully saturated rings. The largest absolute Gasteiger partial charge is 0.494 e. The maximum absolute atomic E-state index is 15.1. The lowest BCUT2D eigenvalue weighted by Crippen LogP contribution is -2.20. The Balaban J connectivity index is 1.31. The molecule has 0 amide bonds. The van der Waals surface area contributed by atoms with Crippen molar-refractivity contribution in [1.29, 1.82) is 0 Å². The quantitative estimate of drug-likeness (QED) is 0.220. The summed E-state index contributed by atoms with van der Waals surface area (Å²) in [6.45, 7) is 5.68. The SMILES string of the molecule is CCCCOc1ccc(OCC2CCC(c3ccc(-c4ccc(OCCC)cc4)c(F)c3F)CC2)c(F)c1. The van der Waals surface area contributed by atoms with Crippen LogP contribution in [0.2, 0.25) is 0 Å². The van der Waals surface area contributed by atoms with Crippen LogP contribution in [0.25, 0.3) is 11.1 Å². The summed E-state index contributed by atoms with van der Waals surface area (Å²) in [5.74, 6) is -0.392. The van der Waals surface area contributed by atoms with Crippen LogP contribution in [0.3, 0.4) is 0 Å². The molecule has 6 heteroatoms. The van der Waals surface area contributed by atoms with Crippen molar-refractivity contribution in [3.8, 4) is 28.4 Å². The minimum absolute atomic E-state index is 0.0455. The van der Waals surface area contributed by atoms with Crippen LogP contribution < -0.4 is 14.2 Å². The molecular weight excluding hydrogens is 489 g/mol. The van der Waals surface area contributed by atoms with Crippen molar-refractivity contribution in [2.24, 2.45) is 5.92 Å². The highest BCUT2D eigenvalue weighted by atomic mass is 19.2. The molecule has 0 aliphatic heterocycles.